The summed E-state index contributed by atoms with van der Waals surface area (Å²) in [6.07, 6.45) is 12.3. The number of hydrogen-bond acceptors (Lipinski definition) is 1. The maximum atomic E-state index is 4.05. The summed E-state index contributed by atoms with van der Waals surface area (Å²) in [6, 6.07) is 69.5. The number of thioether (sulfide) groups is 1. The Morgan fingerprint density at radius 2 is 0.859 bits per heavy atom. The quantitative estimate of drug-likeness (QED) is 0.114. The Morgan fingerprint density at radius 1 is 0.406 bits per heavy atom. The molecule has 10 rings (SSSR count). The van der Waals surface area contributed by atoms with Crippen molar-refractivity contribution in [3.8, 4) is 44.5 Å². The van der Waals surface area contributed by atoms with Gasteiger partial charge in [-0.25, -0.2) is 0 Å². The van der Waals surface area contributed by atoms with Gasteiger partial charge in [0.15, 0.2) is 0 Å². The summed E-state index contributed by atoms with van der Waals surface area (Å²) in [7, 11) is 0. The van der Waals surface area contributed by atoms with E-state index in [2.05, 4.69) is 220 Å². The molecule has 0 fully saturated rings. The van der Waals surface area contributed by atoms with Crippen LogP contribution in [0, 0.1) is 0 Å². The van der Waals surface area contributed by atoms with Crippen LogP contribution in [0.5, 0.6) is 0 Å². The molecule has 0 unspecified atom stereocenters. The molecule has 10 aromatic rings. The zero-order valence-corrected chi connectivity index (χ0v) is 39.1. The lowest BCUT2D eigenvalue weighted by Crippen LogP contribution is -1.94. The molecule has 0 spiro atoms. The van der Waals surface area contributed by atoms with Crippen molar-refractivity contribution in [2.75, 3.05) is 12.5 Å². The molecule has 1 heteroatoms. The summed E-state index contributed by atoms with van der Waals surface area (Å²) < 4.78 is 0. The fourth-order valence-electron chi connectivity index (χ4n) is 8.86. The lowest BCUT2D eigenvalue weighted by Gasteiger charge is -2.21. The van der Waals surface area contributed by atoms with E-state index in [0.29, 0.717) is 0 Å². The van der Waals surface area contributed by atoms with Crippen LogP contribution in [0.2, 0.25) is 0 Å². The molecule has 0 aliphatic carbocycles. The molecule has 0 saturated heterocycles. The maximum absolute atomic E-state index is 4.05. The summed E-state index contributed by atoms with van der Waals surface area (Å²) >= 11 is 1.75. The predicted molar refractivity (Wildman–Crippen MR) is 291 cm³/mol. The molecule has 0 bridgehead atoms. The van der Waals surface area contributed by atoms with Crippen molar-refractivity contribution in [1.29, 1.82) is 0 Å². The molecule has 0 aromatic heterocycles. The molecule has 0 aliphatic heterocycles. The van der Waals surface area contributed by atoms with E-state index in [1.165, 1.54) is 98.4 Å². The molecule has 0 atom stereocenters. The molecule has 0 saturated carbocycles. The third kappa shape index (κ3) is 9.09. The van der Waals surface area contributed by atoms with Crippen LogP contribution in [0.25, 0.3) is 104 Å². The largest absolute Gasteiger partial charge is 0.169 e. The lowest BCUT2D eigenvalue weighted by atomic mass is 9.82. The van der Waals surface area contributed by atoms with E-state index in [9.17, 15) is 0 Å². The van der Waals surface area contributed by atoms with Gasteiger partial charge in [0.2, 0.25) is 0 Å². The Morgan fingerprint density at radius 3 is 1.39 bits per heavy atom. The fraction of sp³-hybridized carbons (Fsp3) is 0.111. The van der Waals surface area contributed by atoms with Gasteiger partial charge in [0.1, 0.15) is 0 Å². The molecule has 316 valence electrons. The molecule has 0 radical (unpaired) electrons. The Labute approximate surface area is 385 Å². The van der Waals surface area contributed by atoms with E-state index in [4.69, 9.17) is 0 Å². The summed E-state index contributed by atoms with van der Waals surface area (Å²) in [4.78, 5) is 0. The number of hydrogen-bond donors (Lipinski definition) is 0. The van der Waals surface area contributed by atoms with Crippen molar-refractivity contribution in [2.24, 2.45) is 0 Å². The van der Waals surface area contributed by atoms with Crippen molar-refractivity contribution in [3.63, 3.8) is 0 Å². The highest BCUT2D eigenvalue weighted by Crippen LogP contribution is 2.47. The van der Waals surface area contributed by atoms with Gasteiger partial charge in [-0.2, -0.15) is 11.8 Å². The van der Waals surface area contributed by atoms with Gasteiger partial charge in [0, 0.05) is 0 Å². The van der Waals surface area contributed by atoms with Crippen LogP contribution >= 0.6 is 11.8 Å². The van der Waals surface area contributed by atoms with Crippen molar-refractivity contribution in [1.82, 2.24) is 0 Å². The van der Waals surface area contributed by atoms with E-state index in [1.807, 2.05) is 46.3 Å². The van der Waals surface area contributed by atoms with Gasteiger partial charge in [0.05, 0.1) is 0 Å². The smallest absolute Gasteiger partial charge is 0.00259 e. The Balaban J connectivity index is 0.000000831. The summed E-state index contributed by atoms with van der Waals surface area (Å²) in [5, 5.41) is 12.3. The number of fused-ring (bicyclic) bond motifs is 5. The van der Waals surface area contributed by atoms with Crippen LogP contribution in [-0.2, 0) is 0 Å². The normalized spacial score (nSPS) is 11.2. The van der Waals surface area contributed by atoms with E-state index in [-0.39, 0.29) is 0 Å². The van der Waals surface area contributed by atoms with Gasteiger partial charge in [-0.1, -0.05) is 222 Å². The van der Waals surface area contributed by atoms with E-state index in [0.717, 1.165) is 11.1 Å². The molecule has 0 heterocycles. The average Bonchev–Trinajstić information content (AvgIpc) is 3.36. The molecular formula is C63H58S. The minimum absolute atomic E-state index is 1.13. The van der Waals surface area contributed by atoms with E-state index >= 15 is 0 Å². The third-order valence-electron chi connectivity index (χ3n) is 11.5. The Bertz CT molecular complexity index is 3270. The third-order valence-corrected chi connectivity index (χ3v) is 11.5. The molecule has 0 N–H and O–H groups in total. The van der Waals surface area contributed by atoms with Crippen LogP contribution in [0.3, 0.4) is 0 Å². The minimum atomic E-state index is 1.13. The molecule has 0 amide bonds. The first-order chi connectivity index (χ1) is 31.6. The van der Waals surface area contributed by atoms with Gasteiger partial charge < -0.3 is 0 Å². The first kappa shape index (κ1) is 45.1. The Hall–Kier alpha value is -6.93. The molecule has 0 nitrogen and oxygen atoms in total. The standard InChI is InChI=1S/C57H40.C2H6S.2C2H6/c1-3-14-38(15-4-2)44-28-30-52-54(36-44)56(46-26-24-39-16-8-10-20-42(39)34-46)53-31-29-45(37-55(53)57(52)47-27-25-40-17-9-11-21-43(40)35-47)49-33-32-48(41-18-6-5-7-19-41)50-22-12-13-23-51(49)50;1-3-2;2*1-2/h3-37H,1H2,2H3;1-2H3;2*1-2H3/b15-4-,38-14+;;;. The summed E-state index contributed by atoms with van der Waals surface area (Å²) in [5.41, 5.74) is 12.1. The lowest BCUT2D eigenvalue weighted by molar-refractivity contribution is 1.50. The monoisotopic (exact) mass is 846 g/mol. The molecule has 64 heavy (non-hydrogen) atoms. The molecular weight excluding hydrogens is 789 g/mol. The van der Waals surface area contributed by atoms with Crippen LogP contribution < -0.4 is 0 Å². The zero-order valence-electron chi connectivity index (χ0n) is 38.3. The maximum Gasteiger partial charge on any atom is -0.00259 e. The number of allylic oxidation sites excluding steroid dienone is 5. The van der Waals surface area contributed by atoms with Gasteiger partial charge in [-0.05, 0) is 153 Å². The second kappa shape index (κ2) is 21.4. The van der Waals surface area contributed by atoms with Crippen molar-refractivity contribution >= 4 is 71.2 Å². The molecule has 0 aliphatic rings. The van der Waals surface area contributed by atoms with Crippen LogP contribution in [0.4, 0.5) is 0 Å². The summed E-state index contributed by atoms with van der Waals surface area (Å²) in [5.74, 6) is 0. The van der Waals surface area contributed by atoms with E-state index < -0.39 is 0 Å². The highest BCUT2D eigenvalue weighted by atomic mass is 32.2. The van der Waals surface area contributed by atoms with Gasteiger partial charge in [-0.3, -0.25) is 0 Å². The first-order valence-corrected chi connectivity index (χ1v) is 24.2. The second-order valence-electron chi connectivity index (χ2n) is 15.2. The molecule has 10 aromatic carbocycles. The van der Waals surface area contributed by atoms with Crippen molar-refractivity contribution < 1.29 is 0 Å². The van der Waals surface area contributed by atoms with Crippen LogP contribution in [0.1, 0.15) is 40.2 Å². The predicted octanol–water partition coefficient (Wildman–Crippen LogP) is 19.3. The zero-order chi connectivity index (χ0) is 45.0. The van der Waals surface area contributed by atoms with Gasteiger partial charge in [-0.15, -0.1) is 0 Å². The van der Waals surface area contributed by atoms with E-state index in [1.54, 1.807) is 11.8 Å². The SMILES string of the molecule is C=C/C=C(\C=C/C)c1ccc2c(-c3ccc4ccccc4c3)c3cc(-c4ccc(-c5ccccc5)c5ccccc45)ccc3c(-c3ccc4ccccc4c3)c2c1.CC.CC.CSC. The highest BCUT2D eigenvalue weighted by molar-refractivity contribution is 7.97. The minimum Gasteiger partial charge on any atom is -0.169 e. The first-order valence-electron chi connectivity index (χ1n) is 22.6. The van der Waals surface area contributed by atoms with Crippen molar-refractivity contribution in [3.05, 3.63) is 225 Å². The van der Waals surface area contributed by atoms with Crippen LogP contribution in [0.15, 0.2) is 219 Å². The topological polar surface area (TPSA) is 0 Å². The van der Waals surface area contributed by atoms with Crippen LogP contribution in [-0.4, -0.2) is 12.5 Å². The average molecular weight is 847 g/mol. The summed E-state index contributed by atoms with van der Waals surface area (Å²) in [6.45, 7) is 14.1. The second-order valence-corrected chi connectivity index (χ2v) is 16.0. The van der Waals surface area contributed by atoms with Gasteiger partial charge >= 0.3 is 0 Å². The number of benzene rings is 10. The van der Waals surface area contributed by atoms with Crippen molar-refractivity contribution in [2.45, 2.75) is 34.6 Å². The Kier molecular flexibility index (Phi) is 15.1. The highest BCUT2D eigenvalue weighted by Gasteiger charge is 2.20. The fourth-order valence-corrected chi connectivity index (χ4v) is 8.86. The number of rotatable bonds is 7. The van der Waals surface area contributed by atoms with Gasteiger partial charge in [0.25, 0.3) is 0 Å².